The summed E-state index contributed by atoms with van der Waals surface area (Å²) in [6, 6.07) is 3.10. The summed E-state index contributed by atoms with van der Waals surface area (Å²) < 4.78 is 1.54. The Morgan fingerprint density at radius 2 is 2.07 bits per heavy atom. The predicted octanol–water partition coefficient (Wildman–Crippen LogP) is 1.47. The second kappa shape index (κ2) is 3.86. The number of hydrogen-bond acceptors (Lipinski definition) is 3. The quantitative estimate of drug-likeness (QED) is 0.801. The number of carboxylic acid groups (broad SMARTS) is 1. The van der Waals surface area contributed by atoms with Gasteiger partial charge < -0.3 is 5.11 Å². The van der Waals surface area contributed by atoms with Gasteiger partial charge in [-0.3, -0.25) is 0 Å². The van der Waals surface area contributed by atoms with Gasteiger partial charge in [-0.05, 0) is 26.0 Å². The van der Waals surface area contributed by atoms with Gasteiger partial charge in [-0.25, -0.2) is 14.3 Å². The predicted molar refractivity (Wildman–Crippen MR) is 56.7 cm³/mol. The number of nitrogens with zero attached hydrogens (tertiary/aromatic N) is 3. The van der Waals surface area contributed by atoms with E-state index >= 15 is 0 Å². The van der Waals surface area contributed by atoms with Crippen molar-refractivity contribution >= 4 is 24.0 Å². The van der Waals surface area contributed by atoms with Crippen LogP contribution in [0, 0.1) is 13.8 Å². The summed E-state index contributed by atoms with van der Waals surface area (Å²) in [6.45, 7) is 3.72. The van der Waals surface area contributed by atoms with Crippen LogP contribution in [0.25, 0.3) is 5.65 Å². The van der Waals surface area contributed by atoms with Crippen molar-refractivity contribution in [2.75, 3.05) is 0 Å². The van der Waals surface area contributed by atoms with Gasteiger partial charge in [0, 0.05) is 0 Å². The smallest absolute Gasteiger partial charge is 0.356 e. The second-order valence-electron chi connectivity index (χ2n) is 3.08. The van der Waals surface area contributed by atoms with Gasteiger partial charge in [-0.15, -0.1) is 12.4 Å². The number of carboxylic acids is 1. The van der Waals surface area contributed by atoms with E-state index in [2.05, 4.69) is 10.1 Å². The Bertz CT molecular complexity index is 521. The Hall–Kier alpha value is -1.62. The lowest BCUT2D eigenvalue weighted by Crippen LogP contribution is -2.05. The maximum Gasteiger partial charge on any atom is 0.356 e. The number of carbonyl (C=O) groups is 1. The maximum absolute atomic E-state index is 10.7. The molecule has 0 amide bonds. The molecule has 0 aliphatic carbocycles. The second-order valence-corrected chi connectivity index (χ2v) is 3.08. The highest BCUT2D eigenvalue weighted by Gasteiger charge is 2.09. The molecular formula is C9H10ClN3O2. The molecule has 2 aromatic heterocycles. The third kappa shape index (κ3) is 1.78. The number of rotatable bonds is 1. The Kier molecular flexibility index (Phi) is 2.95. The third-order valence-electron chi connectivity index (χ3n) is 2.16. The van der Waals surface area contributed by atoms with Crippen molar-refractivity contribution in [3.05, 3.63) is 29.2 Å². The van der Waals surface area contributed by atoms with E-state index in [-0.39, 0.29) is 18.1 Å². The normalized spacial score (nSPS) is 10.0. The summed E-state index contributed by atoms with van der Waals surface area (Å²) in [5.74, 6) is -1.03. The van der Waals surface area contributed by atoms with Crippen molar-refractivity contribution < 1.29 is 9.90 Å². The number of aromatic nitrogens is 3. The summed E-state index contributed by atoms with van der Waals surface area (Å²) in [6.07, 6.45) is 0. The number of fused-ring (bicyclic) bond motifs is 1. The first-order valence-corrected chi connectivity index (χ1v) is 4.16. The van der Waals surface area contributed by atoms with Crippen LogP contribution < -0.4 is 0 Å². The molecule has 0 fully saturated rings. The fourth-order valence-electron chi connectivity index (χ4n) is 1.27. The lowest BCUT2D eigenvalue weighted by molar-refractivity contribution is 0.0689. The van der Waals surface area contributed by atoms with Gasteiger partial charge in [0.05, 0.1) is 11.4 Å². The van der Waals surface area contributed by atoms with Crippen molar-refractivity contribution in [1.29, 1.82) is 0 Å². The molecule has 2 aromatic rings. The van der Waals surface area contributed by atoms with Gasteiger partial charge in [-0.1, -0.05) is 0 Å². The summed E-state index contributed by atoms with van der Waals surface area (Å²) in [4.78, 5) is 14.9. The van der Waals surface area contributed by atoms with E-state index in [1.54, 1.807) is 10.6 Å². The van der Waals surface area contributed by atoms with Crippen LogP contribution in [0.15, 0.2) is 12.1 Å². The minimum absolute atomic E-state index is 0. The van der Waals surface area contributed by atoms with Crippen LogP contribution in [0.2, 0.25) is 0 Å². The molecule has 0 aromatic carbocycles. The molecular weight excluding hydrogens is 218 g/mol. The van der Waals surface area contributed by atoms with Gasteiger partial charge >= 0.3 is 5.97 Å². The average Bonchev–Trinajstić information content (AvgIpc) is 2.43. The molecule has 5 nitrogen and oxygen atoms in total. The zero-order valence-electron chi connectivity index (χ0n) is 8.26. The molecule has 0 atom stereocenters. The fraction of sp³-hybridized carbons (Fsp3) is 0.222. The fourth-order valence-corrected chi connectivity index (χ4v) is 1.27. The number of imidazole rings is 1. The molecule has 0 spiro atoms. The van der Waals surface area contributed by atoms with Crippen LogP contribution in [0.5, 0.6) is 0 Å². The summed E-state index contributed by atoms with van der Waals surface area (Å²) in [5, 5.41) is 12.7. The minimum atomic E-state index is -1.03. The molecule has 0 radical (unpaired) electrons. The Morgan fingerprint density at radius 1 is 1.40 bits per heavy atom. The van der Waals surface area contributed by atoms with Gasteiger partial charge in [0.2, 0.25) is 0 Å². The SMILES string of the molecule is Cc1nc2ccc(C(=O)O)nn2c1C.Cl. The summed E-state index contributed by atoms with van der Waals surface area (Å²) in [7, 11) is 0. The standard InChI is InChI=1S/C9H9N3O2.ClH/c1-5-6(2)12-8(10-5)4-3-7(11-12)9(13)14;/h3-4H,1-2H3,(H,13,14);1H. The van der Waals surface area contributed by atoms with Gasteiger partial charge in [0.25, 0.3) is 0 Å². The average molecular weight is 228 g/mol. The van der Waals surface area contributed by atoms with Crippen LogP contribution in [0.1, 0.15) is 21.9 Å². The van der Waals surface area contributed by atoms with Crippen LogP contribution >= 0.6 is 12.4 Å². The van der Waals surface area contributed by atoms with E-state index in [1.807, 2.05) is 13.8 Å². The number of aromatic carboxylic acids is 1. The lowest BCUT2D eigenvalue weighted by Gasteiger charge is -1.96. The lowest BCUT2D eigenvalue weighted by atomic mass is 10.4. The third-order valence-corrected chi connectivity index (χ3v) is 2.16. The maximum atomic E-state index is 10.7. The molecule has 1 N–H and O–H groups in total. The first-order chi connectivity index (χ1) is 6.59. The summed E-state index contributed by atoms with van der Waals surface area (Å²) >= 11 is 0. The van der Waals surface area contributed by atoms with Gasteiger partial charge in [-0.2, -0.15) is 5.10 Å². The van der Waals surface area contributed by atoms with Crippen molar-refractivity contribution in [2.45, 2.75) is 13.8 Å². The van der Waals surface area contributed by atoms with Crippen LogP contribution in [-0.2, 0) is 0 Å². The van der Waals surface area contributed by atoms with E-state index < -0.39 is 5.97 Å². The molecule has 2 rings (SSSR count). The van der Waals surface area contributed by atoms with E-state index in [4.69, 9.17) is 5.11 Å². The Morgan fingerprint density at radius 3 is 2.67 bits per heavy atom. The largest absolute Gasteiger partial charge is 0.476 e. The van der Waals surface area contributed by atoms with Gasteiger partial charge in [0.15, 0.2) is 11.3 Å². The van der Waals surface area contributed by atoms with E-state index in [0.29, 0.717) is 5.65 Å². The van der Waals surface area contributed by atoms with Crippen molar-refractivity contribution in [1.82, 2.24) is 14.6 Å². The number of hydrogen-bond donors (Lipinski definition) is 1. The van der Waals surface area contributed by atoms with E-state index in [0.717, 1.165) is 11.4 Å². The minimum Gasteiger partial charge on any atom is -0.476 e. The topological polar surface area (TPSA) is 67.5 Å². The molecule has 0 saturated heterocycles. The van der Waals surface area contributed by atoms with Crippen LogP contribution in [0.4, 0.5) is 0 Å². The van der Waals surface area contributed by atoms with Crippen molar-refractivity contribution in [2.24, 2.45) is 0 Å². The van der Waals surface area contributed by atoms with E-state index in [9.17, 15) is 4.79 Å². The van der Waals surface area contributed by atoms with Crippen molar-refractivity contribution in [3.63, 3.8) is 0 Å². The Balaban J connectivity index is 0.00000112. The zero-order valence-corrected chi connectivity index (χ0v) is 9.08. The monoisotopic (exact) mass is 227 g/mol. The molecule has 0 bridgehead atoms. The highest BCUT2D eigenvalue weighted by Crippen LogP contribution is 2.09. The molecule has 80 valence electrons. The first-order valence-electron chi connectivity index (χ1n) is 4.16. The molecule has 15 heavy (non-hydrogen) atoms. The molecule has 0 unspecified atom stereocenters. The highest BCUT2D eigenvalue weighted by atomic mass is 35.5. The molecule has 2 heterocycles. The number of aryl methyl sites for hydroxylation is 2. The molecule has 0 saturated carbocycles. The van der Waals surface area contributed by atoms with Crippen LogP contribution in [-0.4, -0.2) is 25.7 Å². The number of halogens is 1. The molecule has 0 aliphatic rings. The van der Waals surface area contributed by atoms with Crippen LogP contribution in [0.3, 0.4) is 0 Å². The van der Waals surface area contributed by atoms with Gasteiger partial charge in [0.1, 0.15) is 0 Å². The molecule has 0 aliphatic heterocycles. The zero-order chi connectivity index (χ0) is 10.3. The first kappa shape index (κ1) is 11.5. The van der Waals surface area contributed by atoms with E-state index in [1.165, 1.54) is 6.07 Å². The molecule has 6 heteroatoms. The highest BCUT2D eigenvalue weighted by molar-refractivity contribution is 5.85. The van der Waals surface area contributed by atoms with Crippen molar-refractivity contribution in [3.8, 4) is 0 Å². The summed E-state index contributed by atoms with van der Waals surface area (Å²) in [5.41, 5.74) is 2.42. The Labute approximate surface area is 92.2 Å².